The van der Waals surface area contributed by atoms with Gasteiger partial charge in [-0.1, -0.05) is 88.4 Å². The molecule has 1 atom stereocenters. The summed E-state index contributed by atoms with van der Waals surface area (Å²) in [6.07, 6.45) is 20.4. The first-order valence-corrected chi connectivity index (χ1v) is 15.9. The lowest BCUT2D eigenvalue weighted by molar-refractivity contribution is 0.00277. The summed E-state index contributed by atoms with van der Waals surface area (Å²) in [4.78, 5) is 0. The zero-order chi connectivity index (χ0) is 26.3. The number of hydrogen-bond acceptors (Lipinski definition) is 2. The SMILES string of the molecule is C=C(C#N)COC(CC1CC1)C1CCC(c2ccc3cc(C4CCC(CCCCC)CC4)ccc3c2)CC1. The fraction of sp³-hybridized carbons (Fsp3) is 0.639. The first-order chi connectivity index (χ1) is 18.6. The predicted octanol–water partition coefficient (Wildman–Crippen LogP) is 10.2. The molecule has 5 rings (SSSR count). The van der Waals surface area contributed by atoms with E-state index < -0.39 is 0 Å². The number of nitrogens with zero attached hydrogens (tertiary/aromatic N) is 1. The van der Waals surface area contributed by atoms with Crippen LogP contribution >= 0.6 is 0 Å². The molecule has 0 bridgehead atoms. The highest BCUT2D eigenvalue weighted by molar-refractivity contribution is 5.84. The van der Waals surface area contributed by atoms with Crippen molar-refractivity contribution in [3.63, 3.8) is 0 Å². The van der Waals surface area contributed by atoms with Gasteiger partial charge in [-0.2, -0.15) is 5.26 Å². The molecule has 0 spiro atoms. The van der Waals surface area contributed by atoms with E-state index in [0.29, 0.717) is 30.1 Å². The minimum absolute atomic E-state index is 0.301. The van der Waals surface area contributed by atoms with Crippen LogP contribution in [0.2, 0.25) is 0 Å². The van der Waals surface area contributed by atoms with Gasteiger partial charge in [0.1, 0.15) is 0 Å². The maximum absolute atomic E-state index is 9.08. The molecule has 0 amide bonds. The van der Waals surface area contributed by atoms with Gasteiger partial charge < -0.3 is 4.74 Å². The fourth-order valence-corrected chi connectivity index (χ4v) is 7.40. The molecule has 3 saturated carbocycles. The monoisotopic (exact) mass is 511 g/mol. The number of benzene rings is 2. The number of rotatable bonds is 12. The third-order valence-corrected chi connectivity index (χ3v) is 10.1. The number of hydrogen-bond donors (Lipinski definition) is 0. The molecular weight excluding hydrogens is 462 g/mol. The minimum Gasteiger partial charge on any atom is -0.373 e. The van der Waals surface area contributed by atoms with Gasteiger partial charge in [0.25, 0.3) is 0 Å². The molecule has 2 heteroatoms. The van der Waals surface area contributed by atoms with E-state index in [0.717, 1.165) is 17.8 Å². The summed E-state index contributed by atoms with van der Waals surface area (Å²) in [5, 5.41) is 11.9. The van der Waals surface area contributed by atoms with Gasteiger partial charge in [-0.25, -0.2) is 0 Å². The Balaban J connectivity index is 1.15. The quantitative estimate of drug-likeness (QED) is 0.210. The first kappa shape index (κ1) is 27.5. The van der Waals surface area contributed by atoms with Crippen LogP contribution in [0.1, 0.15) is 126 Å². The van der Waals surface area contributed by atoms with Crippen molar-refractivity contribution in [3.05, 3.63) is 59.7 Å². The lowest BCUT2D eigenvalue weighted by atomic mass is 9.75. The van der Waals surface area contributed by atoms with Gasteiger partial charge in [0.05, 0.1) is 18.8 Å². The van der Waals surface area contributed by atoms with E-state index in [-0.39, 0.29) is 0 Å². The zero-order valence-electron chi connectivity index (χ0n) is 23.8. The Hall–Kier alpha value is -2.11. The molecule has 204 valence electrons. The molecule has 3 aliphatic rings. The largest absolute Gasteiger partial charge is 0.373 e. The third-order valence-electron chi connectivity index (χ3n) is 10.1. The van der Waals surface area contributed by atoms with Crippen LogP contribution in [0, 0.1) is 29.1 Å². The van der Waals surface area contributed by atoms with Gasteiger partial charge in [-0.05, 0) is 109 Å². The van der Waals surface area contributed by atoms with Crippen LogP contribution in [-0.2, 0) is 4.74 Å². The molecule has 2 aromatic carbocycles. The Morgan fingerprint density at radius 2 is 1.42 bits per heavy atom. The first-order valence-electron chi connectivity index (χ1n) is 15.9. The molecule has 0 heterocycles. The molecule has 38 heavy (non-hydrogen) atoms. The molecule has 1 unspecified atom stereocenters. The van der Waals surface area contributed by atoms with Gasteiger partial charge in [0.2, 0.25) is 0 Å². The molecule has 3 fully saturated rings. The Morgan fingerprint density at radius 1 is 0.842 bits per heavy atom. The van der Waals surface area contributed by atoms with Crippen molar-refractivity contribution in [2.45, 2.75) is 121 Å². The highest BCUT2D eigenvalue weighted by atomic mass is 16.5. The van der Waals surface area contributed by atoms with Crippen molar-refractivity contribution in [2.24, 2.45) is 17.8 Å². The smallest absolute Gasteiger partial charge is 0.0965 e. The lowest BCUT2D eigenvalue weighted by Crippen LogP contribution is -2.29. The van der Waals surface area contributed by atoms with Crippen molar-refractivity contribution in [3.8, 4) is 6.07 Å². The normalized spacial score (nSPS) is 26.6. The zero-order valence-corrected chi connectivity index (χ0v) is 23.8. The van der Waals surface area contributed by atoms with E-state index >= 15 is 0 Å². The molecule has 0 radical (unpaired) electrons. The van der Waals surface area contributed by atoms with Crippen molar-refractivity contribution in [1.82, 2.24) is 0 Å². The molecular formula is C36H49NO. The topological polar surface area (TPSA) is 33.0 Å². The highest BCUT2D eigenvalue weighted by Crippen LogP contribution is 2.43. The minimum atomic E-state index is 0.301. The second kappa shape index (κ2) is 13.3. The Kier molecular flexibility index (Phi) is 9.61. The van der Waals surface area contributed by atoms with Crippen molar-refractivity contribution in [1.29, 1.82) is 5.26 Å². The maximum Gasteiger partial charge on any atom is 0.0965 e. The Morgan fingerprint density at radius 3 is 1.97 bits per heavy atom. The fourth-order valence-electron chi connectivity index (χ4n) is 7.40. The Bertz CT molecular complexity index is 1090. The van der Waals surface area contributed by atoms with Crippen LogP contribution in [0.3, 0.4) is 0 Å². The van der Waals surface area contributed by atoms with Crippen molar-refractivity contribution < 1.29 is 4.74 Å². The van der Waals surface area contributed by atoms with Crippen LogP contribution in [-0.4, -0.2) is 12.7 Å². The second-order valence-electron chi connectivity index (χ2n) is 12.9. The van der Waals surface area contributed by atoms with Crippen molar-refractivity contribution >= 4 is 10.8 Å². The van der Waals surface area contributed by atoms with Gasteiger partial charge in [0.15, 0.2) is 0 Å². The summed E-state index contributed by atoms with van der Waals surface area (Å²) in [5.74, 6) is 3.87. The summed E-state index contributed by atoms with van der Waals surface area (Å²) in [6.45, 7) is 6.54. The standard InChI is InChI=1S/C36H49NO/c1-3-4-5-6-27-9-11-29(12-10-27)32-17-19-35-23-33(18-20-34(35)22-32)30-13-15-31(16-14-30)36(21-28-7-8-28)38-25-26(2)24-37/h17-20,22-23,27-31,36H,2-16,21,25H2,1H3. The molecule has 2 aromatic rings. The van der Waals surface area contributed by atoms with E-state index in [1.54, 1.807) is 5.56 Å². The van der Waals surface area contributed by atoms with Crippen LogP contribution in [0.25, 0.3) is 10.8 Å². The van der Waals surface area contributed by atoms with Crippen LogP contribution < -0.4 is 0 Å². The van der Waals surface area contributed by atoms with E-state index in [4.69, 9.17) is 10.00 Å². The summed E-state index contributed by atoms with van der Waals surface area (Å²) in [6, 6.07) is 16.8. The molecule has 0 aromatic heterocycles. The van der Waals surface area contributed by atoms with Crippen LogP contribution in [0.5, 0.6) is 0 Å². The molecule has 0 saturated heterocycles. The molecule has 2 nitrogen and oxygen atoms in total. The molecule has 0 N–H and O–H groups in total. The number of ether oxygens (including phenoxy) is 1. The summed E-state index contributed by atoms with van der Waals surface area (Å²) in [5.41, 5.74) is 3.64. The summed E-state index contributed by atoms with van der Waals surface area (Å²) >= 11 is 0. The number of nitriles is 1. The summed E-state index contributed by atoms with van der Waals surface area (Å²) < 4.78 is 6.25. The Labute approximate surface area is 231 Å². The number of unbranched alkanes of at least 4 members (excludes halogenated alkanes) is 2. The highest BCUT2D eigenvalue weighted by Gasteiger charge is 2.33. The van der Waals surface area contributed by atoms with E-state index in [9.17, 15) is 0 Å². The lowest BCUT2D eigenvalue weighted by Gasteiger charge is -2.34. The van der Waals surface area contributed by atoms with E-state index in [2.05, 4.69) is 56.0 Å². The number of fused-ring (bicyclic) bond motifs is 1. The van der Waals surface area contributed by atoms with Gasteiger partial charge in [-0.3, -0.25) is 0 Å². The average Bonchev–Trinajstić information content (AvgIpc) is 3.79. The summed E-state index contributed by atoms with van der Waals surface area (Å²) in [7, 11) is 0. The van der Waals surface area contributed by atoms with Gasteiger partial charge in [-0.15, -0.1) is 0 Å². The van der Waals surface area contributed by atoms with Crippen LogP contribution in [0.15, 0.2) is 48.6 Å². The van der Waals surface area contributed by atoms with Gasteiger partial charge >= 0.3 is 0 Å². The van der Waals surface area contributed by atoms with Crippen LogP contribution in [0.4, 0.5) is 0 Å². The predicted molar refractivity (Wildman–Crippen MR) is 159 cm³/mol. The third kappa shape index (κ3) is 7.30. The maximum atomic E-state index is 9.08. The second-order valence-corrected chi connectivity index (χ2v) is 12.9. The van der Waals surface area contributed by atoms with E-state index in [1.165, 1.54) is 113 Å². The van der Waals surface area contributed by atoms with Gasteiger partial charge in [0, 0.05) is 5.57 Å². The average molecular weight is 512 g/mol. The van der Waals surface area contributed by atoms with Crippen molar-refractivity contribution in [2.75, 3.05) is 6.61 Å². The molecule has 0 aliphatic heterocycles. The van der Waals surface area contributed by atoms with E-state index in [1.807, 2.05) is 0 Å². The molecule has 3 aliphatic carbocycles.